The number of rotatable bonds is 4. The molecule has 108 valence electrons. The largest absolute Gasteiger partial charge is 0.464 e. The summed E-state index contributed by atoms with van der Waals surface area (Å²) in [7, 11) is 2.00. The van der Waals surface area contributed by atoms with Crippen LogP contribution in [-0.4, -0.2) is 59.9 Å². The molecule has 1 aromatic heterocycles. The zero-order valence-corrected chi connectivity index (χ0v) is 11.7. The highest BCUT2D eigenvalue weighted by Gasteiger charge is 2.34. The lowest BCUT2D eigenvalue weighted by atomic mass is 10.1. The summed E-state index contributed by atoms with van der Waals surface area (Å²) >= 11 is 0. The molecule has 0 spiro atoms. The Kier molecular flexibility index (Phi) is 3.82. The number of hydrogen-bond donors (Lipinski definition) is 0. The summed E-state index contributed by atoms with van der Waals surface area (Å²) in [6.07, 6.45) is 4.77. The van der Waals surface area contributed by atoms with Crippen LogP contribution in [0.25, 0.3) is 0 Å². The van der Waals surface area contributed by atoms with Gasteiger partial charge in [-0.25, -0.2) is 0 Å². The van der Waals surface area contributed by atoms with Crippen molar-refractivity contribution in [1.29, 1.82) is 0 Å². The SMILES string of the molecule is CN(CC1CCCN1c1cccnn1)C1CCOC1=O. The summed E-state index contributed by atoms with van der Waals surface area (Å²) in [5.41, 5.74) is 0. The van der Waals surface area contributed by atoms with Crippen LogP contribution in [0.3, 0.4) is 0 Å². The number of hydrogen-bond acceptors (Lipinski definition) is 6. The van der Waals surface area contributed by atoms with E-state index in [0.29, 0.717) is 12.6 Å². The Hall–Kier alpha value is -1.69. The second-order valence-corrected chi connectivity index (χ2v) is 5.48. The van der Waals surface area contributed by atoms with Gasteiger partial charge in [0.2, 0.25) is 0 Å². The van der Waals surface area contributed by atoms with Crippen LogP contribution < -0.4 is 4.90 Å². The number of carbonyl (C=O) groups excluding carboxylic acids is 1. The van der Waals surface area contributed by atoms with Gasteiger partial charge in [0, 0.05) is 31.7 Å². The average molecular weight is 276 g/mol. The van der Waals surface area contributed by atoms with Crippen molar-refractivity contribution in [3.63, 3.8) is 0 Å². The van der Waals surface area contributed by atoms with Gasteiger partial charge in [-0.3, -0.25) is 9.69 Å². The Labute approximate surface area is 118 Å². The molecular formula is C14H20N4O2. The third-order valence-electron chi connectivity index (χ3n) is 4.17. The highest BCUT2D eigenvalue weighted by atomic mass is 16.5. The van der Waals surface area contributed by atoms with E-state index in [1.54, 1.807) is 6.20 Å². The number of anilines is 1. The van der Waals surface area contributed by atoms with Crippen LogP contribution in [0.4, 0.5) is 5.82 Å². The number of nitrogens with zero attached hydrogens (tertiary/aromatic N) is 4. The van der Waals surface area contributed by atoms with Crippen LogP contribution in [-0.2, 0) is 9.53 Å². The molecule has 3 heterocycles. The second-order valence-electron chi connectivity index (χ2n) is 5.48. The van der Waals surface area contributed by atoms with Crippen molar-refractivity contribution in [3.05, 3.63) is 18.3 Å². The number of cyclic esters (lactones) is 1. The molecule has 2 atom stereocenters. The molecule has 6 heteroatoms. The monoisotopic (exact) mass is 276 g/mol. The molecule has 0 amide bonds. The predicted octanol–water partition coefficient (Wildman–Crippen LogP) is 0.693. The van der Waals surface area contributed by atoms with Gasteiger partial charge in [-0.2, -0.15) is 5.10 Å². The van der Waals surface area contributed by atoms with Crippen molar-refractivity contribution < 1.29 is 9.53 Å². The highest BCUT2D eigenvalue weighted by molar-refractivity contribution is 5.77. The maximum atomic E-state index is 11.6. The summed E-state index contributed by atoms with van der Waals surface area (Å²) in [6.45, 7) is 2.41. The normalized spacial score (nSPS) is 26.3. The van der Waals surface area contributed by atoms with Crippen molar-refractivity contribution >= 4 is 11.8 Å². The van der Waals surface area contributed by atoms with Gasteiger partial charge >= 0.3 is 5.97 Å². The molecule has 0 saturated carbocycles. The first kappa shape index (κ1) is 13.3. The van der Waals surface area contributed by atoms with E-state index < -0.39 is 0 Å². The predicted molar refractivity (Wildman–Crippen MR) is 74.4 cm³/mol. The van der Waals surface area contributed by atoms with E-state index in [1.807, 2.05) is 19.2 Å². The summed E-state index contributed by atoms with van der Waals surface area (Å²) in [5, 5.41) is 8.15. The average Bonchev–Trinajstić information content (AvgIpc) is 3.08. The lowest BCUT2D eigenvalue weighted by Gasteiger charge is -2.30. The molecule has 0 aliphatic carbocycles. The van der Waals surface area contributed by atoms with Crippen LogP contribution >= 0.6 is 0 Å². The quantitative estimate of drug-likeness (QED) is 0.754. The number of ether oxygens (including phenoxy) is 1. The molecule has 0 N–H and O–H groups in total. The van der Waals surface area contributed by atoms with E-state index in [2.05, 4.69) is 20.0 Å². The number of aromatic nitrogens is 2. The summed E-state index contributed by atoms with van der Waals surface area (Å²) in [5.74, 6) is 0.842. The van der Waals surface area contributed by atoms with E-state index >= 15 is 0 Å². The van der Waals surface area contributed by atoms with E-state index in [-0.39, 0.29) is 12.0 Å². The maximum absolute atomic E-state index is 11.6. The minimum Gasteiger partial charge on any atom is -0.464 e. The molecular weight excluding hydrogens is 256 g/mol. The van der Waals surface area contributed by atoms with Gasteiger partial charge in [0.1, 0.15) is 6.04 Å². The maximum Gasteiger partial charge on any atom is 0.323 e. The van der Waals surface area contributed by atoms with Crippen LogP contribution in [0.1, 0.15) is 19.3 Å². The van der Waals surface area contributed by atoms with Gasteiger partial charge in [-0.1, -0.05) is 0 Å². The molecule has 2 saturated heterocycles. The van der Waals surface area contributed by atoms with Crippen LogP contribution in [0, 0.1) is 0 Å². The number of likely N-dealkylation sites (N-methyl/N-ethyl adjacent to an activating group) is 1. The summed E-state index contributed by atoms with van der Waals surface area (Å²) < 4.78 is 5.05. The Morgan fingerprint density at radius 2 is 2.40 bits per heavy atom. The van der Waals surface area contributed by atoms with Crippen molar-refractivity contribution in [2.75, 3.05) is 31.6 Å². The highest BCUT2D eigenvalue weighted by Crippen LogP contribution is 2.24. The smallest absolute Gasteiger partial charge is 0.323 e. The zero-order valence-electron chi connectivity index (χ0n) is 11.7. The third kappa shape index (κ3) is 2.60. The van der Waals surface area contributed by atoms with Crippen molar-refractivity contribution in [2.24, 2.45) is 0 Å². The fourth-order valence-corrected chi connectivity index (χ4v) is 3.12. The van der Waals surface area contributed by atoms with E-state index in [9.17, 15) is 4.79 Å². The molecule has 2 fully saturated rings. The Bertz CT molecular complexity index is 468. The van der Waals surface area contributed by atoms with Crippen LogP contribution in [0.5, 0.6) is 0 Å². The molecule has 1 aromatic rings. The van der Waals surface area contributed by atoms with E-state index in [1.165, 1.54) is 0 Å². The van der Waals surface area contributed by atoms with Gasteiger partial charge in [-0.05, 0) is 32.0 Å². The molecule has 0 radical (unpaired) electrons. The Morgan fingerprint density at radius 1 is 1.50 bits per heavy atom. The van der Waals surface area contributed by atoms with Gasteiger partial charge < -0.3 is 9.64 Å². The Balaban J connectivity index is 1.65. The topological polar surface area (TPSA) is 58.6 Å². The summed E-state index contributed by atoms with van der Waals surface area (Å²) in [6, 6.07) is 4.22. The molecule has 20 heavy (non-hydrogen) atoms. The zero-order chi connectivity index (χ0) is 13.9. The lowest BCUT2D eigenvalue weighted by molar-refractivity contribution is -0.142. The fourth-order valence-electron chi connectivity index (χ4n) is 3.12. The van der Waals surface area contributed by atoms with E-state index in [4.69, 9.17) is 4.74 Å². The van der Waals surface area contributed by atoms with Gasteiger partial charge in [0.05, 0.1) is 6.61 Å². The minimum atomic E-state index is -0.0865. The molecule has 2 unspecified atom stereocenters. The standard InChI is InChI=1S/C14H20N4O2/c1-17(12-6-9-20-14(12)19)10-11-4-3-8-18(11)13-5-2-7-15-16-13/h2,5,7,11-12H,3-4,6,8-10H2,1H3. The first-order valence-electron chi connectivity index (χ1n) is 7.17. The van der Waals surface area contributed by atoms with Gasteiger partial charge in [0.25, 0.3) is 0 Å². The number of esters is 1. The van der Waals surface area contributed by atoms with Crippen molar-refractivity contribution in [2.45, 2.75) is 31.3 Å². The second kappa shape index (κ2) is 5.75. The van der Waals surface area contributed by atoms with Crippen LogP contribution in [0.15, 0.2) is 18.3 Å². The molecule has 6 nitrogen and oxygen atoms in total. The molecule has 3 rings (SSSR count). The minimum absolute atomic E-state index is 0.0840. The van der Waals surface area contributed by atoms with Gasteiger partial charge in [0.15, 0.2) is 5.82 Å². The van der Waals surface area contributed by atoms with Crippen molar-refractivity contribution in [3.8, 4) is 0 Å². The molecule has 0 bridgehead atoms. The molecule has 2 aliphatic heterocycles. The molecule has 0 aromatic carbocycles. The fraction of sp³-hybridized carbons (Fsp3) is 0.643. The van der Waals surface area contributed by atoms with E-state index in [0.717, 1.165) is 38.2 Å². The molecule has 2 aliphatic rings. The van der Waals surface area contributed by atoms with Crippen molar-refractivity contribution in [1.82, 2.24) is 15.1 Å². The number of carbonyl (C=O) groups is 1. The first-order chi connectivity index (χ1) is 9.75. The lowest BCUT2D eigenvalue weighted by Crippen LogP contribution is -2.44. The van der Waals surface area contributed by atoms with Gasteiger partial charge in [-0.15, -0.1) is 5.10 Å². The Morgan fingerprint density at radius 3 is 3.10 bits per heavy atom. The first-order valence-corrected chi connectivity index (χ1v) is 7.17. The third-order valence-corrected chi connectivity index (χ3v) is 4.17. The van der Waals surface area contributed by atoms with Crippen LogP contribution in [0.2, 0.25) is 0 Å². The summed E-state index contributed by atoms with van der Waals surface area (Å²) in [4.78, 5) is 16.1.